The van der Waals surface area contributed by atoms with Crippen LogP contribution in [0.2, 0.25) is 0 Å². The van der Waals surface area contributed by atoms with Crippen molar-refractivity contribution in [3.05, 3.63) is 33.5 Å². The number of carbonyl (C=O) groups excluding carboxylic acids is 1. The lowest BCUT2D eigenvalue weighted by atomic mass is 9.82. The Morgan fingerprint density at radius 1 is 1.47 bits per heavy atom. The van der Waals surface area contributed by atoms with Crippen molar-refractivity contribution in [1.82, 2.24) is 0 Å². The SMILES string of the molecule is COC(=O)C(C1=CCCC([N+](=O)[O-])=C1)C1CCCC1. The molecule has 1 atom stereocenters. The van der Waals surface area contributed by atoms with Crippen LogP contribution in [-0.2, 0) is 9.53 Å². The van der Waals surface area contributed by atoms with Crippen molar-refractivity contribution < 1.29 is 14.5 Å². The second-order valence-electron chi connectivity index (χ2n) is 5.18. The zero-order valence-electron chi connectivity index (χ0n) is 11.1. The number of nitro groups is 1. The molecule has 2 aliphatic carbocycles. The Bertz CT molecular complexity index is 433. The summed E-state index contributed by atoms with van der Waals surface area (Å²) in [5.74, 6) is -0.331. The number of esters is 1. The van der Waals surface area contributed by atoms with Crippen LogP contribution in [0.5, 0.6) is 0 Å². The highest BCUT2D eigenvalue weighted by molar-refractivity contribution is 5.77. The average Bonchev–Trinajstić information content (AvgIpc) is 2.93. The van der Waals surface area contributed by atoms with Gasteiger partial charge in [-0.1, -0.05) is 18.9 Å². The molecular formula is C14H19NO4. The zero-order valence-corrected chi connectivity index (χ0v) is 11.1. The van der Waals surface area contributed by atoms with Gasteiger partial charge in [-0.2, -0.15) is 0 Å². The Balaban J connectivity index is 2.25. The maximum Gasteiger partial charge on any atom is 0.313 e. The van der Waals surface area contributed by atoms with Crippen molar-refractivity contribution in [1.29, 1.82) is 0 Å². The Morgan fingerprint density at radius 3 is 2.74 bits per heavy atom. The molecule has 0 amide bonds. The largest absolute Gasteiger partial charge is 0.469 e. The number of nitrogens with zero attached hydrogens (tertiary/aromatic N) is 1. The number of methoxy groups -OCH3 is 1. The lowest BCUT2D eigenvalue weighted by Crippen LogP contribution is -2.26. The van der Waals surface area contributed by atoms with Crippen LogP contribution in [0.15, 0.2) is 23.4 Å². The molecule has 0 aromatic carbocycles. The molecule has 0 aromatic rings. The monoisotopic (exact) mass is 265 g/mol. The van der Waals surface area contributed by atoms with Crippen LogP contribution in [-0.4, -0.2) is 18.0 Å². The minimum Gasteiger partial charge on any atom is -0.469 e. The molecular weight excluding hydrogens is 246 g/mol. The van der Waals surface area contributed by atoms with E-state index in [0.29, 0.717) is 12.8 Å². The second kappa shape index (κ2) is 5.99. The molecule has 1 saturated carbocycles. The first-order valence-corrected chi connectivity index (χ1v) is 6.76. The first kappa shape index (κ1) is 13.8. The van der Waals surface area contributed by atoms with Gasteiger partial charge in [-0.05, 0) is 30.8 Å². The van der Waals surface area contributed by atoms with Crippen molar-refractivity contribution in [2.24, 2.45) is 11.8 Å². The maximum absolute atomic E-state index is 12.0. The van der Waals surface area contributed by atoms with Gasteiger partial charge in [0.25, 0.3) is 0 Å². The van der Waals surface area contributed by atoms with Crippen molar-refractivity contribution in [2.45, 2.75) is 38.5 Å². The van der Waals surface area contributed by atoms with Crippen LogP contribution in [0.4, 0.5) is 0 Å². The van der Waals surface area contributed by atoms with E-state index in [-0.39, 0.29) is 28.4 Å². The van der Waals surface area contributed by atoms with Crippen LogP contribution in [0.25, 0.3) is 0 Å². The van der Waals surface area contributed by atoms with Gasteiger partial charge in [0.2, 0.25) is 5.70 Å². The Morgan fingerprint density at radius 2 is 2.16 bits per heavy atom. The molecule has 19 heavy (non-hydrogen) atoms. The molecule has 1 unspecified atom stereocenters. The fraction of sp³-hybridized carbons (Fsp3) is 0.643. The summed E-state index contributed by atoms with van der Waals surface area (Å²) in [7, 11) is 1.38. The van der Waals surface area contributed by atoms with Crippen LogP contribution in [0.1, 0.15) is 38.5 Å². The van der Waals surface area contributed by atoms with E-state index in [4.69, 9.17) is 4.74 Å². The minimum atomic E-state index is -0.351. The third-order valence-electron chi connectivity index (χ3n) is 4.03. The van der Waals surface area contributed by atoms with Crippen LogP contribution < -0.4 is 0 Å². The quantitative estimate of drug-likeness (QED) is 0.445. The molecule has 0 aromatic heterocycles. The zero-order chi connectivity index (χ0) is 13.8. The average molecular weight is 265 g/mol. The van der Waals surface area contributed by atoms with Crippen LogP contribution in [0.3, 0.4) is 0 Å². The lowest BCUT2D eigenvalue weighted by molar-refractivity contribution is -0.428. The Labute approximate surface area is 112 Å². The summed E-state index contributed by atoms with van der Waals surface area (Å²) in [4.78, 5) is 22.5. The summed E-state index contributed by atoms with van der Waals surface area (Å²) in [6, 6.07) is 0. The van der Waals surface area contributed by atoms with Gasteiger partial charge in [0, 0.05) is 12.5 Å². The summed E-state index contributed by atoms with van der Waals surface area (Å²) in [6.07, 6.45) is 8.83. The molecule has 0 N–H and O–H groups in total. The van der Waals surface area contributed by atoms with E-state index in [2.05, 4.69) is 0 Å². The molecule has 104 valence electrons. The standard InChI is InChI=1S/C14H19NO4/c1-19-14(16)13(10-5-2-3-6-10)11-7-4-8-12(9-11)15(17)18/h7,9-10,13H,2-6,8H2,1H3. The van der Waals surface area contributed by atoms with E-state index in [1.165, 1.54) is 7.11 Å². The van der Waals surface area contributed by atoms with Gasteiger partial charge in [-0.3, -0.25) is 14.9 Å². The van der Waals surface area contributed by atoms with Gasteiger partial charge in [0.1, 0.15) is 0 Å². The fourth-order valence-corrected chi connectivity index (χ4v) is 3.09. The summed E-state index contributed by atoms with van der Waals surface area (Å²) in [6.45, 7) is 0. The number of ether oxygens (including phenoxy) is 1. The lowest BCUT2D eigenvalue weighted by Gasteiger charge is -2.23. The van der Waals surface area contributed by atoms with E-state index in [0.717, 1.165) is 31.3 Å². The highest BCUT2D eigenvalue weighted by atomic mass is 16.6. The predicted molar refractivity (Wildman–Crippen MR) is 69.9 cm³/mol. The Hall–Kier alpha value is -1.65. The Kier molecular flexibility index (Phi) is 4.35. The summed E-state index contributed by atoms with van der Waals surface area (Å²) in [5.41, 5.74) is 0.973. The van der Waals surface area contributed by atoms with Crippen molar-refractivity contribution in [3.8, 4) is 0 Å². The molecule has 5 nitrogen and oxygen atoms in total. The number of rotatable bonds is 4. The van der Waals surface area contributed by atoms with E-state index in [1.807, 2.05) is 6.08 Å². The molecule has 0 spiro atoms. The number of allylic oxidation sites excluding steroid dienone is 3. The molecule has 0 saturated heterocycles. The normalized spacial score (nSPS) is 21.5. The van der Waals surface area contributed by atoms with E-state index in [1.54, 1.807) is 6.08 Å². The van der Waals surface area contributed by atoms with Crippen molar-refractivity contribution >= 4 is 5.97 Å². The van der Waals surface area contributed by atoms with Gasteiger partial charge in [0.15, 0.2) is 0 Å². The van der Waals surface area contributed by atoms with Gasteiger partial charge < -0.3 is 4.74 Å². The number of carbonyl (C=O) groups is 1. The summed E-state index contributed by atoms with van der Waals surface area (Å²) in [5, 5.41) is 10.9. The molecule has 2 aliphatic rings. The topological polar surface area (TPSA) is 69.4 Å². The molecule has 0 bridgehead atoms. The molecule has 1 fully saturated rings. The molecule has 0 radical (unpaired) electrons. The first-order chi connectivity index (χ1) is 9.13. The maximum atomic E-state index is 12.0. The smallest absolute Gasteiger partial charge is 0.313 e. The van der Waals surface area contributed by atoms with Gasteiger partial charge in [-0.25, -0.2) is 0 Å². The summed E-state index contributed by atoms with van der Waals surface area (Å²) >= 11 is 0. The van der Waals surface area contributed by atoms with Gasteiger partial charge in [-0.15, -0.1) is 0 Å². The summed E-state index contributed by atoms with van der Waals surface area (Å²) < 4.78 is 4.89. The van der Waals surface area contributed by atoms with Crippen LogP contribution in [0, 0.1) is 22.0 Å². The fourth-order valence-electron chi connectivity index (χ4n) is 3.09. The van der Waals surface area contributed by atoms with Gasteiger partial charge >= 0.3 is 5.97 Å². The second-order valence-corrected chi connectivity index (χ2v) is 5.18. The highest BCUT2D eigenvalue weighted by Crippen LogP contribution is 2.38. The van der Waals surface area contributed by atoms with E-state index in [9.17, 15) is 14.9 Å². The molecule has 0 heterocycles. The first-order valence-electron chi connectivity index (χ1n) is 6.76. The molecule has 2 rings (SSSR count). The third kappa shape index (κ3) is 3.03. The molecule has 0 aliphatic heterocycles. The van der Waals surface area contributed by atoms with Crippen LogP contribution >= 0.6 is 0 Å². The van der Waals surface area contributed by atoms with E-state index < -0.39 is 0 Å². The number of hydrogen-bond acceptors (Lipinski definition) is 4. The van der Waals surface area contributed by atoms with Crippen molar-refractivity contribution in [3.63, 3.8) is 0 Å². The highest BCUT2D eigenvalue weighted by Gasteiger charge is 2.35. The number of hydrogen-bond donors (Lipinski definition) is 0. The third-order valence-corrected chi connectivity index (χ3v) is 4.03. The van der Waals surface area contributed by atoms with E-state index >= 15 is 0 Å². The van der Waals surface area contributed by atoms with Crippen molar-refractivity contribution in [2.75, 3.05) is 7.11 Å². The minimum absolute atomic E-state index is 0.199. The van der Waals surface area contributed by atoms with Gasteiger partial charge in [0.05, 0.1) is 18.0 Å². The molecule has 5 heteroatoms. The predicted octanol–water partition coefficient (Wildman–Crippen LogP) is 2.85.